The van der Waals surface area contributed by atoms with Crippen molar-refractivity contribution in [2.24, 2.45) is 0 Å². The first-order chi connectivity index (χ1) is 12.2. The van der Waals surface area contributed by atoms with Crippen LogP contribution in [0, 0.1) is 0 Å². The maximum atomic E-state index is 5.69. The maximum absolute atomic E-state index is 5.69. The van der Waals surface area contributed by atoms with E-state index in [1.165, 1.54) is 16.0 Å². The smallest absolute Gasteiger partial charge is 0.169 e. The molecule has 2 aromatic rings. The van der Waals surface area contributed by atoms with Gasteiger partial charge in [0, 0.05) is 18.0 Å². The van der Waals surface area contributed by atoms with Gasteiger partial charge in [-0.2, -0.15) is 0 Å². The Morgan fingerprint density at radius 1 is 1.32 bits per heavy atom. The van der Waals surface area contributed by atoms with Gasteiger partial charge in [-0.25, -0.2) is 0 Å². The van der Waals surface area contributed by atoms with Crippen molar-refractivity contribution in [1.29, 1.82) is 0 Å². The number of thiocarbonyl (C=S) groups is 1. The number of rotatable bonds is 5. The molecule has 0 unspecified atom stereocenters. The lowest BCUT2D eigenvalue weighted by atomic mass is 9.91. The van der Waals surface area contributed by atoms with E-state index in [0.717, 1.165) is 42.5 Å². The fraction of sp³-hybridized carbons (Fsp3) is 0.421. The summed E-state index contributed by atoms with van der Waals surface area (Å²) >= 11 is 7.45. The SMILES string of the molecule is CCCNC(=S)N1CCc2cc(OC)c(OC)cc2[C@@H]1c1cccs1. The Balaban J connectivity index is 2.04. The van der Waals surface area contributed by atoms with Crippen molar-refractivity contribution in [3.63, 3.8) is 0 Å². The first-order valence-corrected chi connectivity index (χ1v) is 9.81. The Bertz CT molecular complexity index is 731. The van der Waals surface area contributed by atoms with Gasteiger partial charge in [0.2, 0.25) is 0 Å². The fourth-order valence-corrected chi connectivity index (χ4v) is 4.41. The molecule has 0 saturated carbocycles. The van der Waals surface area contributed by atoms with Crippen molar-refractivity contribution < 1.29 is 9.47 Å². The first-order valence-electron chi connectivity index (χ1n) is 8.52. The van der Waals surface area contributed by atoms with Gasteiger partial charge >= 0.3 is 0 Å². The topological polar surface area (TPSA) is 33.7 Å². The normalized spacial score (nSPS) is 16.3. The minimum Gasteiger partial charge on any atom is -0.493 e. The minimum absolute atomic E-state index is 0.111. The van der Waals surface area contributed by atoms with Crippen LogP contribution in [0.1, 0.15) is 35.4 Å². The Morgan fingerprint density at radius 3 is 2.72 bits per heavy atom. The zero-order valence-corrected chi connectivity index (χ0v) is 16.5. The average molecular weight is 377 g/mol. The van der Waals surface area contributed by atoms with E-state index in [1.54, 1.807) is 25.6 Å². The number of nitrogens with one attached hydrogen (secondary N) is 1. The summed E-state index contributed by atoms with van der Waals surface area (Å²) in [6.07, 6.45) is 1.99. The molecule has 1 aliphatic heterocycles. The lowest BCUT2D eigenvalue weighted by molar-refractivity contribution is 0.327. The summed E-state index contributed by atoms with van der Waals surface area (Å²) in [5, 5.41) is 6.32. The zero-order valence-electron chi connectivity index (χ0n) is 14.9. The molecular weight excluding hydrogens is 352 g/mol. The summed E-state index contributed by atoms with van der Waals surface area (Å²) in [5.41, 5.74) is 2.54. The molecule has 0 spiro atoms. The quantitative estimate of drug-likeness (QED) is 0.798. The highest BCUT2D eigenvalue weighted by molar-refractivity contribution is 7.80. The molecule has 1 N–H and O–H groups in total. The van der Waals surface area contributed by atoms with E-state index < -0.39 is 0 Å². The molecule has 0 fully saturated rings. The van der Waals surface area contributed by atoms with Crippen LogP contribution in [0.25, 0.3) is 0 Å². The van der Waals surface area contributed by atoms with Crippen molar-refractivity contribution in [2.75, 3.05) is 27.3 Å². The molecule has 6 heteroatoms. The second kappa shape index (κ2) is 8.06. The number of benzene rings is 1. The van der Waals surface area contributed by atoms with Gasteiger partial charge in [0.1, 0.15) is 0 Å². The third kappa shape index (κ3) is 3.60. The Kier molecular flexibility index (Phi) is 5.81. The predicted octanol–water partition coefficient (Wildman–Crippen LogP) is 4.00. The van der Waals surface area contributed by atoms with Crippen LogP contribution >= 0.6 is 23.6 Å². The molecule has 134 valence electrons. The molecule has 0 saturated heterocycles. The standard InChI is InChI=1S/C19H24N2O2S2/c1-4-8-20-19(24)21-9-7-13-11-15(22-2)16(23-3)12-14(13)18(21)17-6-5-10-25-17/h5-6,10-12,18H,4,7-9H2,1-3H3,(H,20,24)/t18-/m1/s1. The minimum atomic E-state index is 0.111. The van der Waals surface area contributed by atoms with E-state index in [2.05, 4.69) is 46.8 Å². The Hall–Kier alpha value is -1.79. The van der Waals surface area contributed by atoms with Crippen molar-refractivity contribution in [1.82, 2.24) is 10.2 Å². The first kappa shape index (κ1) is 18.0. The van der Waals surface area contributed by atoms with Crippen LogP contribution in [0.2, 0.25) is 0 Å². The second-order valence-corrected chi connectivity index (χ2v) is 7.37. The van der Waals surface area contributed by atoms with Crippen LogP contribution in [-0.4, -0.2) is 37.3 Å². The third-order valence-corrected chi connectivity index (χ3v) is 5.78. The number of thiophene rings is 1. The van der Waals surface area contributed by atoms with Gasteiger partial charge in [-0.15, -0.1) is 11.3 Å². The molecule has 4 nitrogen and oxygen atoms in total. The van der Waals surface area contributed by atoms with Gasteiger partial charge < -0.3 is 19.7 Å². The van der Waals surface area contributed by atoms with Crippen molar-refractivity contribution in [2.45, 2.75) is 25.8 Å². The van der Waals surface area contributed by atoms with Gasteiger partial charge in [-0.1, -0.05) is 13.0 Å². The molecule has 0 aliphatic carbocycles. The van der Waals surface area contributed by atoms with Gasteiger partial charge in [0.05, 0.1) is 20.3 Å². The summed E-state index contributed by atoms with van der Waals surface area (Å²) in [6.45, 7) is 3.93. The molecule has 2 heterocycles. The number of hydrogen-bond donors (Lipinski definition) is 1. The lowest BCUT2D eigenvalue weighted by Crippen LogP contribution is -2.45. The zero-order chi connectivity index (χ0) is 17.8. The van der Waals surface area contributed by atoms with E-state index in [4.69, 9.17) is 21.7 Å². The number of nitrogens with zero attached hydrogens (tertiary/aromatic N) is 1. The summed E-state index contributed by atoms with van der Waals surface area (Å²) in [4.78, 5) is 3.58. The van der Waals surface area contributed by atoms with E-state index in [1.807, 2.05) is 0 Å². The van der Waals surface area contributed by atoms with Crippen LogP contribution in [0.5, 0.6) is 11.5 Å². The fourth-order valence-electron chi connectivity index (χ4n) is 3.25. The number of hydrogen-bond acceptors (Lipinski definition) is 4. The molecule has 0 radical (unpaired) electrons. The Labute approximate surface area is 158 Å². The van der Waals surface area contributed by atoms with E-state index in [-0.39, 0.29) is 6.04 Å². The number of methoxy groups -OCH3 is 2. The molecule has 25 heavy (non-hydrogen) atoms. The largest absolute Gasteiger partial charge is 0.493 e. The maximum Gasteiger partial charge on any atom is 0.169 e. The predicted molar refractivity (Wildman–Crippen MR) is 107 cm³/mol. The van der Waals surface area contributed by atoms with E-state index in [9.17, 15) is 0 Å². The van der Waals surface area contributed by atoms with Crippen molar-refractivity contribution in [3.8, 4) is 11.5 Å². The van der Waals surface area contributed by atoms with Crippen LogP contribution in [0.3, 0.4) is 0 Å². The van der Waals surface area contributed by atoms with Gasteiger partial charge in [-0.3, -0.25) is 0 Å². The van der Waals surface area contributed by atoms with Crippen LogP contribution in [0.15, 0.2) is 29.6 Å². The Morgan fingerprint density at radius 2 is 2.08 bits per heavy atom. The van der Waals surface area contributed by atoms with Gasteiger partial charge in [0.25, 0.3) is 0 Å². The average Bonchev–Trinajstić information content (AvgIpc) is 3.18. The molecule has 1 aromatic heterocycles. The van der Waals surface area contributed by atoms with E-state index >= 15 is 0 Å². The van der Waals surface area contributed by atoms with Crippen molar-refractivity contribution >= 4 is 28.7 Å². The summed E-state index contributed by atoms with van der Waals surface area (Å²) in [5.74, 6) is 1.54. The molecule has 1 aliphatic rings. The van der Waals surface area contributed by atoms with Crippen LogP contribution in [0.4, 0.5) is 0 Å². The molecule has 0 amide bonds. The highest BCUT2D eigenvalue weighted by Gasteiger charge is 2.32. The van der Waals surface area contributed by atoms with Crippen LogP contribution in [-0.2, 0) is 6.42 Å². The van der Waals surface area contributed by atoms with E-state index in [0.29, 0.717) is 0 Å². The van der Waals surface area contributed by atoms with Crippen molar-refractivity contribution in [3.05, 3.63) is 45.6 Å². The van der Waals surface area contributed by atoms with Gasteiger partial charge in [0.15, 0.2) is 16.6 Å². The molecule has 1 atom stereocenters. The summed E-state index contributed by atoms with van der Waals surface area (Å²) < 4.78 is 11.0. The number of ether oxygens (including phenoxy) is 2. The molecule has 1 aromatic carbocycles. The van der Waals surface area contributed by atoms with Gasteiger partial charge in [-0.05, 0) is 59.8 Å². The third-order valence-electron chi connectivity index (χ3n) is 4.47. The van der Waals surface area contributed by atoms with Crippen LogP contribution < -0.4 is 14.8 Å². The molecule has 0 bridgehead atoms. The molecular formula is C19H24N2O2S2. The second-order valence-electron chi connectivity index (χ2n) is 6.00. The molecule has 3 rings (SSSR count). The number of fused-ring (bicyclic) bond motifs is 1. The highest BCUT2D eigenvalue weighted by atomic mass is 32.1. The summed E-state index contributed by atoms with van der Waals surface area (Å²) in [6, 6.07) is 8.59. The summed E-state index contributed by atoms with van der Waals surface area (Å²) in [7, 11) is 3.36. The monoisotopic (exact) mass is 376 g/mol. The lowest BCUT2D eigenvalue weighted by Gasteiger charge is -2.39. The highest BCUT2D eigenvalue weighted by Crippen LogP contribution is 2.42.